The fraction of sp³-hybridized carbons (Fsp3) is 0.700. The number of hydrogen-bond acceptors (Lipinski definition) is 3. The quantitative estimate of drug-likeness (QED) is 0.493. The van der Waals surface area contributed by atoms with Crippen LogP contribution in [0.1, 0.15) is 19.8 Å². The average Bonchev–Trinajstić information content (AvgIpc) is 2.15. The van der Waals surface area contributed by atoms with Crippen LogP contribution in [-0.2, 0) is 14.3 Å². The Morgan fingerprint density at radius 1 is 1.69 bits per heavy atom. The van der Waals surface area contributed by atoms with Gasteiger partial charge >= 0.3 is 5.97 Å². The maximum Gasteiger partial charge on any atom is 0.333 e. The van der Waals surface area contributed by atoms with Crippen LogP contribution in [0.3, 0.4) is 0 Å². The van der Waals surface area contributed by atoms with E-state index in [1.807, 2.05) is 0 Å². The zero-order valence-electron chi connectivity index (χ0n) is 8.04. The highest BCUT2D eigenvalue weighted by Gasteiger charge is 2.15. The zero-order chi connectivity index (χ0) is 9.68. The molecule has 1 aliphatic rings. The van der Waals surface area contributed by atoms with Crippen molar-refractivity contribution in [1.29, 1.82) is 0 Å². The van der Waals surface area contributed by atoms with Crippen molar-refractivity contribution in [3.8, 4) is 0 Å². The van der Waals surface area contributed by atoms with Crippen molar-refractivity contribution in [2.24, 2.45) is 5.92 Å². The van der Waals surface area contributed by atoms with E-state index in [0.717, 1.165) is 19.4 Å². The van der Waals surface area contributed by atoms with Crippen molar-refractivity contribution in [2.45, 2.75) is 19.8 Å². The topological polar surface area (TPSA) is 35.5 Å². The third kappa shape index (κ3) is 3.59. The first-order chi connectivity index (χ1) is 6.20. The van der Waals surface area contributed by atoms with Gasteiger partial charge in [0.15, 0.2) is 0 Å². The lowest BCUT2D eigenvalue weighted by Gasteiger charge is -2.21. The molecule has 0 N–H and O–H groups in total. The van der Waals surface area contributed by atoms with Gasteiger partial charge in [-0.1, -0.05) is 6.58 Å². The van der Waals surface area contributed by atoms with Crippen LogP contribution in [0.2, 0.25) is 0 Å². The maximum absolute atomic E-state index is 11.0. The van der Waals surface area contributed by atoms with Crippen LogP contribution in [0, 0.1) is 5.92 Å². The molecule has 3 heteroatoms. The number of hydrogen-bond donors (Lipinski definition) is 0. The molecule has 3 nitrogen and oxygen atoms in total. The highest BCUT2D eigenvalue weighted by molar-refractivity contribution is 5.86. The molecule has 1 aliphatic heterocycles. The molecule has 0 spiro atoms. The third-order valence-corrected chi connectivity index (χ3v) is 2.05. The van der Waals surface area contributed by atoms with E-state index in [0.29, 0.717) is 24.7 Å². The third-order valence-electron chi connectivity index (χ3n) is 2.05. The molecule has 1 atom stereocenters. The first kappa shape index (κ1) is 10.3. The first-order valence-corrected chi connectivity index (χ1v) is 4.60. The summed E-state index contributed by atoms with van der Waals surface area (Å²) in [5, 5.41) is 0. The Balaban J connectivity index is 2.17. The van der Waals surface area contributed by atoms with E-state index in [-0.39, 0.29) is 5.97 Å². The lowest BCUT2D eigenvalue weighted by molar-refractivity contribution is -0.141. The van der Waals surface area contributed by atoms with Gasteiger partial charge in [0, 0.05) is 18.1 Å². The molecule has 1 fully saturated rings. The fourth-order valence-corrected chi connectivity index (χ4v) is 1.26. The molecule has 1 saturated heterocycles. The molecular formula is C10H16O3. The van der Waals surface area contributed by atoms with Crippen molar-refractivity contribution in [1.82, 2.24) is 0 Å². The van der Waals surface area contributed by atoms with Crippen LogP contribution in [0.15, 0.2) is 12.2 Å². The van der Waals surface area contributed by atoms with Gasteiger partial charge in [-0.25, -0.2) is 4.79 Å². The minimum Gasteiger partial charge on any atom is -0.462 e. The maximum atomic E-state index is 11.0. The number of ether oxygens (including phenoxy) is 2. The summed E-state index contributed by atoms with van der Waals surface area (Å²) in [4.78, 5) is 11.0. The summed E-state index contributed by atoms with van der Waals surface area (Å²) < 4.78 is 10.3. The summed E-state index contributed by atoms with van der Waals surface area (Å²) >= 11 is 0. The Kier molecular flexibility index (Phi) is 3.96. The molecule has 0 saturated carbocycles. The van der Waals surface area contributed by atoms with E-state index >= 15 is 0 Å². The second-order valence-corrected chi connectivity index (χ2v) is 3.46. The average molecular weight is 184 g/mol. The van der Waals surface area contributed by atoms with Gasteiger partial charge in [-0.15, -0.1) is 0 Å². The van der Waals surface area contributed by atoms with Crippen molar-refractivity contribution < 1.29 is 14.3 Å². The summed E-state index contributed by atoms with van der Waals surface area (Å²) in [5.74, 6) is 0.0719. The second kappa shape index (κ2) is 5.02. The molecule has 0 aliphatic carbocycles. The van der Waals surface area contributed by atoms with Crippen LogP contribution < -0.4 is 0 Å². The van der Waals surface area contributed by atoms with Crippen LogP contribution in [0.5, 0.6) is 0 Å². The first-order valence-electron chi connectivity index (χ1n) is 4.60. The van der Waals surface area contributed by atoms with Crippen molar-refractivity contribution in [3.05, 3.63) is 12.2 Å². The SMILES string of the molecule is C=C(C)C(=O)OCC1CCCOC1. The van der Waals surface area contributed by atoms with Crippen LogP contribution >= 0.6 is 0 Å². The molecule has 0 radical (unpaired) electrons. The lowest BCUT2D eigenvalue weighted by atomic mass is 10.0. The van der Waals surface area contributed by atoms with Gasteiger partial charge in [-0.3, -0.25) is 0 Å². The van der Waals surface area contributed by atoms with E-state index < -0.39 is 0 Å². The number of carbonyl (C=O) groups excluding carboxylic acids is 1. The molecule has 1 heterocycles. The minimum absolute atomic E-state index is 0.300. The van der Waals surface area contributed by atoms with Gasteiger partial charge in [-0.05, 0) is 19.8 Å². The molecule has 1 rings (SSSR count). The van der Waals surface area contributed by atoms with E-state index in [4.69, 9.17) is 9.47 Å². The molecule has 74 valence electrons. The number of carbonyl (C=O) groups is 1. The number of esters is 1. The van der Waals surface area contributed by atoms with Gasteiger partial charge in [0.1, 0.15) is 0 Å². The Morgan fingerprint density at radius 3 is 3.00 bits per heavy atom. The Hall–Kier alpha value is -0.830. The van der Waals surface area contributed by atoms with E-state index in [2.05, 4.69) is 6.58 Å². The van der Waals surface area contributed by atoms with Crippen LogP contribution in [0.25, 0.3) is 0 Å². The van der Waals surface area contributed by atoms with Gasteiger partial charge in [0.2, 0.25) is 0 Å². The summed E-state index contributed by atoms with van der Waals surface area (Å²) in [5.41, 5.74) is 0.455. The van der Waals surface area contributed by atoms with Crippen molar-refractivity contribution >= 4 is 5.97 Å². The fourth-order valence-electron chi connectivity index (χ4n) is 1.26. The Bertz CT molecular complexity index is 192. The largest absolute Gasteiger partial charge is 0.462 e. The van der Waals surface area contributed by atoms with Crippen molar-refractivity contribution in [2.75, 3.05) is 19.8 Å². The van der Waals surface area contributed by atoms with Crippen LogP contribution in [-0.4, -0.2) is 25.8 Å². The normalized spacial score (nSPS) is 22.4. The monoisotopic (exact) mass is 184 g/mol. The molecule has 0 amide bonds. The van der Waals surface area contributed by atoms with Gasteiger partial charge in [0.25, 0.3) is 0 Å². The molecular weight excluding hydrogens is 168 g/mol. The van der Waals surface area contributed by atoms with Crippen molar-refractivity contribution in [3.63, 3.8) is 0 Å². The standard InChI is InChI=1S/C10H16O3/c1-8(2)10(11)13-7-9-4-3-5-12-6-9/h9H,1,3-7H2,2H3. The highest BCUT2D eigenvalue weighted by Crippen LogP contribution is 2.13. The van der Waals surface area contributed by atoms with Gasteiger partial charge in [-0.2, -0.15) is 0 Å². The summed E-state index contributed by atoms with van der Waals surface area (Å²) in [6.07, 6.45) is 2.15. The Labute approximate surface area is 78.7 Å². The van der Waals surface area contributed by atoms with Gasteiger partial charge < -0.3 is 9.47 Å². The zero-order valence-corrected chi connectivity index (χ0v) is 8.04. The lowest BCUT2D eigenvalue weighted by Crippen LogP contribution is -2.23. The second-order valence-electron chi connectivity index (χ2n) is 3.46. The molecule has 0 bridgehead atoms. The van der Waals surface area contributed by atoms with E-state index in [1.165, 1.54) is 0 Å². The molecule has 0 aromatic carbocycles. The Morgan fingerprint density at radius 2 is 2.46 bits per heavy atom. The summed E-state index contributed by atoms with van der Waals surface area (Å²) in [6.45, 7) is 7.18. The molecule has 0 aromatic heterocycles. The van der Waals surface area contributed by atoms with Crippen LogP contribution in [0.4, 0.5) is 0 Å². The predicted octanol–water partition coefficient (Wildman–Crippen LogP) is 1.53. The minimum atomic E-state index is -0.300. The highest BCUT2D eigenvalue weighted by atomic mass is 16.5. The number of rotatable bonds is 3. The molecule has 1 unspecified atom stereocenters. The van der Waals surface area contributed by atoms with E-state index in [1.54, 1.807) is 6.92 Å². The van der Waals surface area contributed by atoms with Gasteiger partial charge in [0.05, 0.1) is 13.2 Å². The molecule has 0 aromatic rings. The molecule has 13 heavy (non-hydrogen) atoms. The summed E-state index contributed by atoms with van der Waals surface area (Å²) in [6, 6.07) is 0. The van der Waals surface area contributed by atoms with E-state index in [9.17, 15) is 4.79 Å². The summed E-state index contributed by atoms with van der Waals surface area (Å²) in [7, 11) is 0. The smallest absolute Gasteiger partial charge is 0.333 e. The predicted molar refractivity (Wildman–Crippen MR) is 49.3 cm³/mol.